The lowest BCUT2D eigenvalue weighted by Gasteiger charge is -2.04. The van der Waals surface area contributed by atoms with Gasteiger partial charge in [0.25, 0.3) is 5.69 Å². The smallest absolute Gasteiger partial charge is 0.310 e. The third-order valence-electron chi connectivity index (χ3n) is 3.98. The highest BCUT2D eigenvalue weighted by molar-refractivity contribution is 6.31. The molecule has 0 saturated heterocycles. The molecule has 0 amide bonds. The number of aromatic nitrogens is 1. The summed E-state index contributed by atoms with van der Waals surface area (Å²) in [6, 6.07) is 10.3. The second kappa shape index (κ2) is 6.97. The third-order valence-corrected chi connectivity index (χ3v) is 4.22. The van der Waals surface area contributed by atoms with Crippen LogP contribution in [-0.4, -0.2) is 28.8 Å². The van der Waals surface area contributed by atoms with Gasteiger partial charge in [-0.25, -0.2) is 0 Å². The average molecular weight is 373 g/mol. The number of halogens is 1. The van der Waals surface area contributed by atoms with Crippen LogP contribution >= 0.6 is 11.6 Å². The maximum Gasteiger partial charge on any atom is 0.310 e. The van der Waals surface area contributed by atoms with Crippen LogP contribution in [0.3, 0.4) is 0 Å². The third kappa shape index (κ3) is 3.29. The van der Waals surface area contributed by atoms with Crippen molar-refractivity contribution in [3.8, 4) is 0 Å². The minimum Gasteiger partial charge on any atom is -0.469 e. The number of non-ortho nitro benzene ring substituents is 1. The van der Waals surface area contributed by atoms with Crippen LogP contribution in [0.4, 0.5) is 5.69 Å². The van der Waals surface area contributed by atoms with Gasteiger partial charge in [0.05, 0.1) is 24.1 Å². The van der Waals surface area contributed by atoms with Crippen molar-refractivity contribution in [1.29, 1.82) is 0 Å². The number of ketones is 1. The molecule has 2 aromatic carbocycles. The van der Waals surface area contributed by atoms with Crippen molar-refractivity contribution >= 4 is 39.9 Å². The van der Waals surface area contributed by atoms with Gasteiger partial charge in [0.2, 0.25) is 5.78 Å². The Morgan fingerprint density at radius 3 is 2.50 bits per heavy atom. The summed E-state index contributed by atoms with van der Waals surface area (Å²) < 4.78 is 4.71. The number of nitro benzene ring substituents is 1. The maximum absolute atomic E-state index is 12.9. The number of carbonyl (C=O) groups is 2. The topological polar surface area (TPSA) is 102 Å². The van der Waals surface area contributed by atoms with E-state index in [-0.39, 0.29) is 29.1 Å². The molecule has 0 atom stereocenters. The number of benzene rings is 2. The summed E-state index contributed by atoms with van der Waals surface area (Å²) in [6.45, 7) is 0. The number of aromatic amines is 1. The highest BCUT2D eigenvalue weighted by Gasteiger charge is 2.22. The van der Waals surface area contributed by atoms with Crippen molar-refractivity contribution in [2.24, 2.45) is 0 Å². The van der Waals surface area contributed by atoms with Crippen LogP contribution < -0.4 is 0 Å². The summed E-state index contributed by atoms with van der Waals surface area (Å²) in [5.41, 5.74) is 1.48. The molecule has 0 spiro atoms. The zero-order valence-electron chi connectivity index (χ0n) is 13.6. The van der Waals surface area contributed by atoms with E-state index in [1.807, 2.05) is 0 Å². The summed E-state index contributed by atoms with van der Waals surface area (Å²) in [7, 11) is 1.27. The molecule has 1 heterocycles. The number of rotatable bonds is 5. The number of methoxy groups -OCH3 is 1. The van der Waals surface area contributed by atoms with Gasteiger partial charge in [-0.15, -0.1) is 0 Å². The quantitative estimate of drug-likeness (QED) is 0.318. The van der Waals surface area contributed by atoms with Crippen molar-refractivity contribution in [1.82, 2.24) is 4.98 Å². The van der Waals surface area contributed by atoms with Crippen molar-refractivity contribution in [2.45, 2.75) is 6.42 Å². The Morgan fingerprint density at radius 2 is 1.88 bits per heavy atom. The molecule has 0 aliphatic carbocycles. The number of H-pyrrole nitrogens is 1. The van der Waals surface area contributed by atoms with Crippen molar-refractivity contribution in [2.75, 3.05) is 7.11 Å². The van der Waals surface area contributed by atoms with Gasteiger partial charge in [0.15, 0.2) is 0 Å². The lowest BCUT2D eigenvalue weighted by Crippen LogP contribution is -2.10. The predicted octanol–water partition coefficient (Wildman–Crippen LogP) is 3.68. The van der Waals surface area contributed by atoms with Gasteiger partial charge in [-0.2, -0.15) is 0 Å². The van der Waals surface area contributed by atoms with Crippen LogP contribution in [0.5, 0.6) is 0 Å². The van der Waals surface area contributed by atoms with E-state index in [4.69, 9.17) is 16.3 Å². The predicted molar refractivity (Wildman–Crippen MR) is 95.6 cm³/mol. The Kier molecular flexibility index (Phi) is 4.73. The monoisotopic (exact) mass is 372 g/mol. The van der Waals surface area contributed by atoms with Crippen LogP contribution in [0.25, 0.3) is 10.9 Å². The molecule has 7 nitrogen and oxygen atoms in total. The highest BCUT2D eigenvalue weighted by atomic mass is 35.5. The molecule has 0 radical (unpaired) electrons. The van der Waals surface area contributed by atoms with Crippen LogP contribution in [0, 0.1) is 10.1 Å². The Labute approximate surface area is 152 Å². The second-order valence-corrected chi connectivity index (χ2v) is 5.99. The fraction of sp³-hybridized carbons (Fsp3) is 0.111. The number of nitro groups is 1. The molecule has 26 heavy (non-hydrogen) atoms. The summed E-state index contributed by atoms with van der Waals surface area (Å²) in [5, 5.41) is 11.9. The first kappa shape index (κ1) is 17.6. The molecule has 0 saturated carbocycles. The van der Waals surface area contributed by atoms with E-state index in [1.54, 1.807) is 18.2 Å². The Morgan fingerprint density at radius 1 is 1.19 bits per heavy atom. The SMILES string of the molecule is COC(=O)Cc1c(C(=O)c2ccc([N+](=O)[O-])cc2)[nH]c2cc(Cl)ccc12. The highest BCUT2D eigenvalue weighted by Crippen LogP contribution is 2.28. The normalized spacial score (nSPS) is 10.7. The fourth-order valence-electron chi connectivity index (χ4n) is 2.70. The summed E-state index contributed by atoms with van der Waals surface area (Å²) >= 11 is 6.00. The zero-order chi connectivity index (χ0) is 18.8. The Bertz CT molecular complexity index is 1020. The maximum atomic E-state index is 12.9. The van der Waals surface area contributed by atoms with Gasteiger partial charge >= 0.3 is 5.97 Å². The van der Waals surface area contributed by atoms with E-state index >= 15 is 0 Å². The first-order valence-electron chi connectivity index (χ1n) is 7.56. The number of hydrogen-bond donors (Lipinski definition) is 1. The number of hydrogen-bond acceptors (Lipinski definition) is 5. The van der Waals surface area contributed by atoms with Gasteiger partial charge in [-0.1, -0.05) is 17.7 Å². The van der Waals surface area contributed by atoms with E-state index in [9.17, 15) is 19.7 Å². The number of carbonyl (C=O) groups excluding carboxylic acids is 2. The van der Waals surface area contributed by atoms with Crippen molar-refractivity contribution in [3.05, 3.63) is 74.4 Å². The zero-order valence-corrected chi connectivity index (χ0v) is 14.4. The fourth-order valence-corrected chi connectivity index (χ4v) is 2.87. The van der Waals surface area contributed by atoms with Gasteiger partial charge in [0, 0.05) is 39.2 Å². The van der Waals surface area contributed by atoms with Gasteiger partial charge in [0.1, 0.15) is 0 Å². The summed E-state index contributed by atoms with van der Waals surface area (Å²) in [4.78, 5) is 37.9. The second-order valence-electron chi connectivity index (χ2n) is 5.55. The van der Waals surface area contributed by atoms with Crippen molar-refractivity contribution in [3.63, 3.8) is 0 Å². The van der Waals surface area contributed by atoms with Crippen LogP contribution in [0.1, 0.15) is 21.6 Å². The summed E-state index contributed by atoms with van der Waals surface area (Å²) in [5.74, 6) is -0.871. The van der Waals surface area contributed by atoms with Gasteiger partial charge in [-0.3, -0.25) is 19.7 Å². The molecule has 0 fully saturated rings. The van der Waals surface area contributed by atoms with E-state index in [0.717, 1.165) is 0 Å². The van der Waals surface area contributed by atoms with E-state index in [1.165, 1.54) is 31.4 Å². The van der Waals surface area contributed by atoms with Crippen LogP contribution in [0.15, 0.2) is 42.5 Å². The minimum atomic E-state index is -0.540. The number of nitrogens with zero attached hydrogens (tertiary/aromatic N) is 1. The molecule has 3 rings (SSSR count). The average Bonchev–Trinajstić information content (AvgIpc) is 2.98. The molecule has 0 bridgehead atoms. The first-order chi connectivity index (χ1) is 12.4. The molecule has 3 aromatic rings. The first-order valence-corrected chi connectivity index (χ1v) is 7.94. The van der Waals surface area contributed by atoms with Crippen LogP contribution in [0.2, 0.25) is 5.02 Å². The molecule has 1 aromatic heterocycles. The van der Waals surface area contributed by atoms with E-state index < -0.39 is 10.9 Å². The van der Waals surface area contributed by atoms with E-state index in [2.05, 4.69) is 4.98 Å². The molecule has 1 N–H and O–H groups in total. The molecular weight excluding hydrogens is 360 g/mol. The van der Waals surface area contributed by atoms with Gasteiger partial charge in [-0.05, 0) is 24.3 Å². The summed E-state index contributed by atoms with van der Waals surface area (Å²) in [6.07, 6.45) is -0.0911. The lowest BCUT2D eigenvalue weighted by atomic mass is 10.0. The molecule has 0 aliphatic rings. The van der Waals surface area contributed by atoms with E-state index in [0.29, 0.717) is 21.5 Å². The Hall–Kier alpha value is -3.19. The van der Waals surface area contributed by atoms with Crippen LogP contribution in [-0.2, 0) is 16.0 Å². The largest absolute Gasteiger partial charge is 0.469 e. The number of nitrogens with one attached hydrogen (secondary N) is 1. The molecular formula is C18H13ClN2O5. The van der Waals surface area contributed by atoms with Crippen molar-refractivity contribution < 1.29 is 19.2 Å². The number of ether oxygens (including phenoxy) is 1. The van der Waals surface area contributed by atoms with Gasteiger partial charge < -0.3 is 9.72 Å². The number of esters is 1. The molecule has 132 valence electrons. The lowest BCUT2D eigenvalue weighted by molar-refractivity contribution is -0.384. The Balaban J connectivity index is 2.10. The molecule has 0 aliphatic heterocycles. The minimum absolute atomic E-state index is 0.0911. The molecule has 8 heteroatoms. The molecule has 0 unspecified atom stereocenters. The number of fused-ring (bicyclic) bond motifs is 1. The standard InChI is InChI=1S/C18H13ClN2O5/c1-26-16(22)9-14-13-7-4-11(19)8-15(13)20-17(14)18(23)10-2-5-12(6-3-10)21(24)25/h2-8,20H,9H2,1H3.